The van der Waals surface area contributed by atoms with E-state index in [-0.39, 0.29) is 6.04 Å². The van der Waals surface area contributed by atoms with Gasteiger partial charge in [0.15, 0.2) is 0 Å². The Balaban J connectivity index is 1.96. The number of phenolic OH excluding ortho intramolecular Hbond substituents is 1. The highest BCUT2D eigenvalue weighted by Gasteiger charge is 2.29. The highest BCUT2D eigenvalue weighted by atomic mass is 16.4. The Morgan fingerprint density at radius 1 is 1.23 bits per heavy atom. The van der Waals surface area contributed by atoms with Gasteiger partial charge in [0.1, 0.15) is 5.75 Å². The topological polar surface area (TPSA) is 60.8 Å². The van der Waals surface area contributed by atoms with Crippen LogP contribution in [0.15, 0.2) is 48.5 Å². The number of fused-ring (bicyclic) bond motifs is 1. The van der Waals surface area contributed by atoms with Gasteiger partial charge in [0.05, 0.1) is 6.04 Å². The van der Waals surface area contributed by atoms with Gasteiger partial charge in [-0.25, -0.2) is 4.79 Å². The summed E-state index contributed by atoms with van der Waals surface area (Å²) in [5.41, 5.74) is 4.49. The van der Waals surface area contributed by atoms with Gasteiger partial charge in [-0.15, -0.1) is 0 Å². The van der Waals surface area contributed by atoms with Crippen LogP contribution in [-0.2, 0) is 11.2 Å². The van der Waals surface area contributed by atoms with Gasteiger partial charge in [-0.3, -0.25) is 4.90 Å². The number of rotatable bonds is 5. The zero-order valence-corrected chi connectivity index (χ0v) is 15.2. The predicted molar refractivity (Wildman–Crippen MR) is 103 cm³/mol. The van der Waals surface area contributed by atoms with E-state index in [0.29, 0.717) is 11.7 Å². The molecule has 0 fully saturated rings. The Labute approximate surface area is 154 Å². The molecule has 0 amide bonds. The number of carboxylic acids is 1. The first-order valence-corrected chi connectivity index (χ1v) is 9.01. The van der Waals surface area contributed by atoms with Gasteiger partial charge in [-0.05, 0) is 52.8 Å². The standard InChI is InChI=1S/C22H25NO3/c1-15(2)14-23-12-11-18-13-19(24)8-9-20(18)22(23)17-6-3-16(4-7-17)5-10-21(25)26/h3-10,13,15,22,24H,11-12,14H2,1-2H3,(H,25,26)/b10-5+. The first-order chi connectivity index (χ1) is 12.4. The van der Waals surface area contributed by atoms with E-state index < -0.39 is 5.97 Å². The number of carboxylic acid groups (broad SMARTS) is 1. The van der Waals surface area contributed by atoms with Crippen molar-refractivity contribution in [2.75, 3.05) is 13.1 Å². The third-order valence-corrected chi connectivity index (χ3v) is 4.72. The molecule has 3 rings (SSSR count). The number of phenols is 1. The number of carbonyl (C=O) groups is 1. The van der Waals surface area contributed by atoms with E-state index in [2.05, 4.69) is 30.9 Å². The van der Waals surface area contributed by atoms with E-state index in [4.69, 9.17) is 5.11 Å². The molecule has 1 unspecified atom stereocenters. The maximum Gasteiger partial charge on any atom is 0.328 e. The summed E-state index contributed by atoms with van der Waals surface area (Å²) in [7, 11) is 0. The number of nitrogens with zero attached hydrogens (tertiary/aromatic N) is 1. The average Bonchev–Trinajstić information content (AvgIpc) is 2.60. The van der Waals surface area contributed by atoms with Crippen LogP contribution in [0.25, 0.3) is 6.08 Å². The van der Waals surface area contributed by atoms with Crippen LogP contribution in [0.3, 0.4) is 0 Å². The van der Waals surface area contributed by atoms with Crippen LogP contribution >= 0.6 is 0 Å². The average molecular weight is 351 g/mol. The summed E-state index contributed by atoms with van der Waals surface area (Å²) in [6.07, 6.45) is 3.69. The molecule has 2 aromatic rings. The maximum absolute atomic E-state index is 10.7. The summed E-state index contributed by atoms with van der Waals surface area (Å²) in [5.74, 6) is -0.0684. The summed E-state index contributed by atoms with van der Waals surface area (Å²) in [5, 5.41) is 18.6. The summed E-state index contributed by atoms with van der Waals surface area (Å²) < 4.78 is 0. The van der Waals surface area contributed by atoms with Crippen molar-refractivity contribution in [3.05, 3.63) is 70.8 Å². The van der Waals surface area contributed by atoms with Crippen molar-refractivity contribution in [1.82, 2.24) is 4.90 Å². The lowest BCUT2D eigenvalue weighted by Crippen LogP contribution is -2.38. The van der Waals surface area contributed by atoms with E-state index >= 15 is 0 Å². The molecule has 1 heterocycles. The molecule has 0 radical (unpaired) electrons. The van der Waals surface area contributed by atoms with Crippen molar-refractivity contribution in [3.63, 3.8) is 0 Å². The molecule has 0 spiro atoms. The van der Waals surface area contributed by atoms with E-state index in [1.807, 2.05) is 24.3 Å². The van der Waals surface area contributed by atoms with Crippen LogP contribution in [-0.4, -0.2) is 34.2 Å². The van der Waals surface area contributed by atoms with Gasteiger partial charge in [-0.1, -0.05) is 44.2 Å². The van der Waals surface area contributed by atoms with Crippen LogP contribution in [0, 0.1) is 5.92 Å². The molecule has 4 nitrogen and oxygen atoms in total. The van der Waals surface area contributed by atoms with Crippen LogP contribution in [0.5, 0.6) is 5.75 Å². The molecular weight excluding hydrogens is 326 g/mol. The normalized spacial score (nSPS) is 17.6. The second-order valence-corrected chi connectivity index (χ2v) is 7.26. The van der Waals surface area contributed by atoms with Gasteiger partial charge in [0.25, 0.3) is 0 Å². The molecule has 136 valence electrons. The molecule has 0 saturated carbocycles. The molecule has 2 N–H and O–H groups in total. The molecule has 0 aliphatic carbocycles. The first kappa shape index (κ1) is 18.2. The van der Waals surface area contributed by atoms with Crippen molar-refractivity contribution in [1.29, 1.82) is 0 Å². The Kier molecular flexibility index (Phi) is 5.43. The summed E-state index contributed by atoms with van der Waals surface area (Å²) in [4.78, 5) is 13.2. The van der Waals surface area contributed by atoms with Crippen molar-refractivity contribution < 1.29 is 15.0 Å². The fourth-order valence-corrected chi connectivity index (χ4v) is 3.68. The molecule has 0 saturated heterocycles. The zero-order chi connectivity index (χ0) is 18.7. The molecule has 0 bridgehead atoms. The van der Waals surface area contributed by atoms with Gasteiger partial charge >= 0.3 is 5.97 Å². The van der Waals surface area contributed by atoms with Crippen LogP contribution in [0.1, 0.15) is 42.1 Å². The summed E-state index contributed by atoms with van der Waals surface area (Å²) in [6.45, 7) is 6.41. The van der Waals surface area contributed by atoms with Crippen molar-refractivity contribution in [3.8, 4) is 5.75 Å². The molecule has 0 aromatic heterocycles. The van der Waals surface area contributed by atoms with E-state index in [1.54, 1.807) is 12.1 Å². The number of aromatic hydroxyl groups is 1. The molecule has 1 aliphatic heterocycles. The highest BCUT2D eigenvalue weighted by molar-refractivity contribution is 5.85. The monoisotopic (exact) mass is 351 g/mol. The van der Waals surface area contributed by atoms with Gasteiger partial charge in [-0.2, -0.15) is 0 Å². The Hall–Kier alpha value is -2.59. The lowest BCUT2D eigenvalue weighted by molar-refractivity contribution is -0.131. The minimum absolute atomic E-state index is 0.152. The SMILES string of the molecule is CC(C)CN1CCc2cc(O)ccc2C1c1ccc(/C=C/C(=O)O)cc1. The number of benzene rings is 2. The Morgan fingerprint density at radius 3 is 2.62 bits per heavy atom. The van der Waals surface area contributed by atoms with E-state index in [9.17, 15) is 9.90 Å². The lowest BCUT2D eigenvalue weighted by Gasteiger charge is -2.38. The van der Waals surface area contributed by atoms with Crippen molar-refractivity contribution in [2.45, 2.75) is 26.3 Å². The lowest BCUT2D eigenvalue weighted by atomic mass is 9.87. The zero-order valence-electron chi connectivity index (χ0n) is 15.2. The quantitative estimate of drug-likeness (QED) is 0.797. The predicted octanol–water partition coefficient (Wildman–Crippen LogP) is 4.09. The summed E-state index contributed by atoms with van der Waals surface area (Å²) >= 11 is 0. The second kappa shape index (κ2) is 7.75. The third-order valence-electron chi connectivity index (χ3n) is 4.72. The number of hydrogen-bond acceptors (Lipinski definition) is 3. The van der Waals surface area contributed by atoms with Crippen LogP contribution in [0.2, 0.25) is 0 Å². The molecule has 4 heteroatoms. The minimum Gasteiger partial charge on any atom is -0.508 e. The molecule has 26 heavy (non-hydrogen) atoms. The maximum atomic E-state index is 10.7. The number of hydrogen-bond donors (Lipinski definition) is 2. The fourth-order valence-electron chi connectivity index (χ4n) is 3.68. The second-order valence-electron chi connectivity index (χ2n) is 7.26. The van der Waals surface area contributed by atoms with E-state index in [1.165, 1.54) is 16.7 Å². The fraction of sp³-hybridized carbons (Fsp3) is 0.318. The smallest absolute Gasteiger partial charge is 0.328 e. The van der Waals surface area contributed by atoms with Crippen LogP contribution in [0.4, 0.5) is 0 Å². The first-order valence-electron chi connectivity index (χ1n) is 9.01. The van der Waals surface area contributed by atoms with Crippen molar-refractivity contribution >= 4 is 12.0 Å². The number of aliphatic carboxylic acids is 1. The molecule has 2 aromatic carbocycles. The van der Waals surface area contributed by atoms with Crippen molar-refractivity contribution in [2.24, 2.45) is 5.92 Å². The Morgan fingerprint density at radius 2 is 1.96 bits per heavy atom. The van der Waals surface area contributed by atoms with Crippen LogP contribution < -0.4 is 0 Å². The largest absolute Gasteiger partial charge is 0.508 e. The van der Waals surface area contributed by atoms with E-state index in [0.717, 1.165) is 31.1 Å². The minimum atomic E-state index is -0.946. The Bertz CT molecular complexity index is 809. The molecule has 1 atom stereocenters. The highest BCUT2D eigenvalue weighted by Crippen LogP contribution is 2.37. The van der Waals surface area contributed by atoms with Gasteiger partial charge in [0.2, 0.25) is 0 Å². The third kappa shape index (κ3) is 4.14. The van der Waals surface area contributed by atoms with Gasteiger partial charge < -0.3 is 10.2 Å². The van der Waals surface area contributed by atoms with Gasteiger partial charge in [0, 0.05) is 19.2 Å². The summed E-state index contributed by atoms with van der Waals surface area (Å²) in [6, 6.07) is 13.9. The molecular formula is C22H25NO3. The molecule has 1 aliphatic rings.